The van der Waals surface area contributed by atoms with E-state index in [4.69, 9.17) is 5.11 Å². The van der Waals surface area contributed by atoms with Crippen molar-refractivity contribution >= 4 is 5.97 Å². The minimum absolute atomic E-state index is 0.421. The number of hydrogen-bond donors (Lipinski definition) is 1. The number of carboxylic acids is 1. The summed E-state index contributed by atoms with van der Waals surface area (Å²) in [7, 11) is 0. The molecule has 1 N–H and O–H groups in total. The lowest BCUT2D eigenvalue weighted by atomic mass is 10.0. The van der Waals surface area contributed by atoms with Crippen LogP contribution in [0.2, 0.25) is 0 Å². The molecule has 1 atom stereocenters. The molecule has 63 valence electrons. The molecule has 3 heteroatoms. The summed E-state index contributed by atoms with van der Waals surface area (Å²) in [5, 5.41) is 12.7. The highest BCUT2D eigenvalue weighted by molar-refractivity contribution is 5.73. The summed E-state index contributed by atoms with van der Waals surface area (Å²) in [6, 6.07) is -0.421. The number of carbonyl (C=O) groups is 1. The van der Waals surface area contributed by atoms with Crippen LogP contribution in [-0.2, 0) is 4.79 Å². The van der Waals surface area contributed by atoms with Crippen LogP contribution in [0.1, 0.15) is 32.1 Å². The first kappa shape index (κ1) is 8.53. The molecule has 1 aliphatic heterocycles. The van der Waals surface area contributed by atoms with E-state index in [0.29, 0.717) is 0 Å². The van der Waals surface area contributed by atoms with Crippen molar-refractivity contribution < 1.29 is 9.90 Å². The van der Waals surface area contributed by atoms with Gasteiger partial charge in [-0.25, -0.2) is 5.32 Å². The Labute approximate surface area is 66.8 Å². The smallest absolute Gasteiger partial charge is 0.322 e. The van der Waals surface area contributed by atoms with E-state index in [1.54, 1.807) is 0 Å². The molecule has 1 heterocycles. The highest BCUT2D eigenvalue weighted by atomic mass is 16.4. The van der Waals surface area contributed by atoms with E-state index in [-0.39, 0.29) is 0 Å². The van der Waals surface area contributed by atoms with E-state index < -0.39 is 12.0 Å². The molecule has 0 bridgehead atoms. The average Bonchev–Trinajstić information content (AvgIpc) is 1.84. The normalized spacial score (nSPS) is 27.1. The van der Waals surface area contributed by atoms with Gasteiger partial charge in [0.25, 0.3) is 0 Å². The quantitative estimate of drug-likeness (QED) is 0.616. The van der Waals surface area contributed by atoms with Crippen molar-refractivity contribution in [3.8, 4) is 0 Å². The first-order chi connectivity index (χ1) is 5.30. The van der Waals surface area contributed by atoms with Crippen LogP contribution in [-0.4, -0.2) is 23.7 Å². The second-order valence-corrected chi connectivity index (χ2v) is 2.96. The van der Waals surface area contributed by atoms with Crippen molar-refractivity contribution in [2.24, 2.45) is 0 Å². The molecule has 11 heavy (non-hydrogen) atoms. The fraction of sp³-hybridized carbons (Fsp3) is 0.875. The minimum Gasteiger partial charge on any atom is -0.480 e. The molecule has 1 saturated heterocycles. The second-order valence-electron chi connectivity index (χ2n) is 2.96. The minimum atomic E-state index is -0.757. The van der Waals surface area contributed by atoms with Crippen LogP contribution in [0.3, 0.4) is 0 Å². The van der Waals surface area contributed by atoms with Crippen molar-refractivity contribution in [3.63, 3.8) is 0 Å². The monoisotopic (exact) mass is 156 g/mol. The lowest BCUT2D eigenvalue weighted by molar-refractivity contribution is -0.139. The fourth-order valence-corrected chi connectivity index (χ4v) is 1.34. The molecule has 0 aromatic carbocycles. The van der Waals surface area contributed by atoms with E-state index in [0.717, 1.165) is 25.8 Å². The van der Waals surface area contributed by atoms with Gasteiger partial charge in [0.2, 0.25) is 0 Å². The van der Waals surface area contributed by atoms with Gasteiger partial charge in [0.05, 0.1) is 0 Å². The zero-order valence-electron chi connectivity index (χ0n) is 6.62. The molecule has 0 aromatic heterocycles. The Morgan fingerprint density at radius 2 is 2.00 bits per heavy atom. The third kappa shape index (κ3) is 2.89. The molecule has 3 nitrogen and oxygen atoms in total. The molecule has 1 fully saturated rings. The van der Waals surface area contributed by atoms with Gasteiger partial charge in [-0.3, -0.25) is 4.79 Å². The number of nitrogens with zero attached hydrogens (tertiary/aromatic N) is 1. The fourth-order valence-electron chi connectivity index (χ4n) is 1.34. The Morgan fingerprint density at radius 1 is 1.27 bits per heavy atom. The summed E-state index contributed by atoms with van der Waals surface area (Å²) in [5.74, 6) is -0.757. The van der Waals surface area contributed by atoms with Crippen molar-refractivity contribution in [2.45, 2.75) is 38.1 Å². The molecule has 0 aliphatic carbocycles. The van der Waals surface area contributed by atoms with Gasteiger partial charge in [-0.2, -0.15) is 0 Å². The molecule has 0 aromatic rings. The molecule has 1 rings (SSSR count). The predicted octanol–water partition coefficient (Wildman–Crippen LogP) is 1.01. The maximum atomic E-state index is 10.5. The van der Waals surface area contributed by atoms with Crippen LogP contribution in [0.4, 0.5) is 0 Å². The van der Waals surface area contributed by atoms with Crippen LogP contribution < -0.4 is 5.32 Å². The Morgan fingerprint density at radius 3 is 2.73 bits per heavy atom. The first-order valence-electron chi connectivity index (χ1n) is 4.20. The largest absolute Gasteiger partial charge is 0.480 e. The lowest BCUT2D eigenvalue weighted by Gasteiger charge is -2.14. The zero-order valence-corrected chi connectivity index (χ0v) is 6.62. The highest BCUT2D eigenvalue weighted by Crippen LogP contribution is 2.10. The standard InChI is InChI=1S/C8H14NO2/c10-8(11)7-5-3-1-2-4-6-9-7/h7H,1-6H2,(H,10,11). The molecule has 0 spiro atoms. The zero-order chi connectivity index (χ0) is 8.10. The van der Waals surface area contributed by atoms with Crippen LogP contribution in [0.25, 0.3) is 0 Å². The molecule has 0 amide bonds. The van der Waals surface area contributed by atoms with Crippen LogP contribution >= 0.6 is 0 Å². The van der Waals surface area contributed by atoms with Gasteiger partial charge in [0.15, 0.2) is 0 Å². The lowest BCUT2D eigenvalue weighted by Crippen LogP contribution is -2.32. The van der Waals surface area contributed by atoms with E-state index in [1.165, 1.54) is 12.8 Å². The van der Waals surface area contributed by atoms with E-state index in [9.17, 15) is 4.79 Å². The maximum absolute atomic E-state index is 10.5. The van der Waals surface area contributed by atoms with Gasteiger partial charge in [-0.05, 0) is 12.8 Å². The predicted molar refractivity (Wildman–Crippen MR) is 41.5 cm³/mol. The molecule has 1 unspecified atom stereocenters. The molecule has 1 aliphatic rings. The molecular formula is C8H14NO2. The number of hydrogen-bond acceptors (Lipinski definition) is 1. The third-order valence-electron chi connectivity index (χ3n) is 2.02. The van der Waals surface area contributed by atoms with Crippen LogP contribution in [0.15, 0.2) is 0 Å². The molecule has 0 saturated carbocycles. The van der Waals surface area contributed by atoms with Crippen molar-refractivity contribution in [3.05, 3.63) is 0 Å². The summed E-state index contributed by atoms with van der Waals surface area (Å²) < 4.78 is 0. The van der Waals surface area contributed by atoms with Gasteiger partial charge < -0.3 is 5.11 Å². The number of aliphatic carboxylic acids is 1. The van der Waals surface area contributed by atoms with E-state index in [1.807, 2.05) is 0 Å². The Hall–Kier alpha value is -0.570. The van der Waals surface area contributed by atoms with Gasteiger partial charge in [-0.15, -0.1) is 0 Å². The van der Waals surface area contributed by atoms with Gasteiger partial charge in [0.1, 0.15) is 6.04 Å². The van der Waals surface area contributed by atoms with Gasteiger partial charge in [0, 0.05) is 6.54 Å². The maximum Gasteiger partial charge on any atom is 0.322 e. The second kappa shape index (κ2) is 4.34. The summed E-state index contributed by atoms with van der Waals surface area (Å²) in [6.07, 6.45) is 5.18. The highest BCUT2D eigenvalue weighted by Gasteiger charge is 2.18. The van der Waals surface area contributed by atoms with Gasteiger partial charge >= 0.3 is 5.97 Å². The van der Waals surface area contributed by atoms with Crippen LogP contribution in [0, 0.1) is 0 Å². The SMILES string of the molecule is O=C(O)C1CCCCCC[N]1. The Kier molecular flexibility index (Phi) is 3.36. The topological polar surface area (TPSA) is 51.4 Å². The summed E-state index contributed by atoms with van der Waals surface area (Å²) >= 11 is 0. The summed E-state index contributed by atoms with van der Waals surface area (Å²) in [6.45, 7) is 0.733. The third-order valence-corrected chi connectivity index (χ3v) is 2.02. The Bertz CT molecular complexity index is 128. The number of rotatable bonds is 1. The molecule has 1 radical (unpaired) electrons. The Balaban J connectivity index is 2.32. The van der Waals surface area contributed by atoms with Crippen molar-refractivity contribution in [2.75, 3.05) is 6.54 Å². The van der Waals surface area contributed by atoms with E-state index in [2.05, 4.69) is 5.32 Å². The van der Waals surface area contributed by atoms with Crippen LogP contribution in [0.5, 0.6) is 0 Å². The van der Waals surface area contributed by atoms with Crippen molar-refractivity contribution in [1.29, 1.82) is 0 Å². The summed E-state index contributed by atoms with van der Waals surface area (Å²) in [4.78, 5) is 10.5. The molecular weight excluding hydrogens is 142 g/mol. The number of carboxylic acid groups (broad SMARTS) is 1. The van der Waals surface area contributed by atoms with Crippen molar-refractivity contribution in [1.82, 2.24) is 5.32 Å². The van der Waals surface area contributed by atoms with E-state index >= 15 is 0 Å². The summed E-state index contributed by atoms with van der Waals surface area (Å²) in [5.41, 5.74) is 0. The average molecular weight is 156 g/mol. The first-order valence-corrected chi connectivity index (χ1v) is 4.20. The van der Waals surface area contributed by atoms with Gasteiger partial charge in [-0.1, -0.05) is 19.3 Å².